The summed E-state index contributed by atoms with van der Waals surface area (Å²) in [6.07, 6.45) is 0.364. The first-order chi connectivity index (χ1) is 9.99. The first-order valence-corrected chi connectivity index (χ1v) is 6.97. The van der Waals surface area contributed by atoms with Crippen molar-refractivity contribution in [3.05, 3.63) is 63.6 Å². The van der Waals surface area contributed by atoms with E-state index in [1.165, 1.54) is 6.07 Å². The number of nitrogens with two attached hydrogens (primary N) is 1. The van der Waals surface area contributed by atoms with Crippen molar-refractivity contribution in [2.45, 2.75) is 19.1 Å². The zero-order valence-electron chi connectivity index (χ0n) is 10.9. The molecule has 0 amide bonds. The predicted molar refractivity (Wildman–Crippen MR) is 80.2 cm³/mol. The number of hydrogen-bond acceptors (Lipinski definition) is 2. The third-order valence-corrected chi connectivity index (χ3v) is 3.86. The number of rotatable bonds is 5. The van der Waals surface area contributed by atoms with Crippen LogP contribution in [-0.2, 0) is 6.42 Å². The minimum absolute atomic E-state index is 0.0677. The Morgan fingerprint density at radius 2 is 1.76 bits per heavy atom. The van der Waals surface area contributed by atoms with Gasteiger partial charge < -0.3 is 10.5 Å². The Kier molecular flexibility index (Phi) is 5.39. The molecule has 0 saturated carbocycles. The maximum absolute atomic E-state index is 12.4. The summed E-state index contributed by atoms with van der Waals surface area (Å²) >= 11 is 12.1. The lowest BCUT2D eigenvalue weighted by Crippen LogP contribution is -2.16. The van der Waals surface area contributed by atoms with E-state index in [0.29, 0.717) is 22.0 Å². The van der Waals surface area contributed by atoms with Gasteiger partial charge in [-0.25, -0.2) is 0 Å². The van der Waals surface area contributed by atoms with E-state index in [4.69, 9.17) is 28.9 Å². The van der Waals surface area contributed by atoms with Crippen molar-refractivity contribution in [3.8, 4) is 5.75 Å². The Morgan fingerprint density at radius 1 is 1.05 bits per heavy atom. The van der Waals surface area contributed by atoms with E-state index >= 15 is 0 Å². The van der Waals surface area contributed by atoms with Crippen molar-refractivity contribution in [3.63, 3.8) is 0 Å². The summed E-state index contributed by atoms with van der Waals surface area (Å²) in [5.41, 5.74) is 7.34. The molecular formula is C15H13Cl2F2NO. The summed E-state index contributed by atoms with van der Waals surface area (Å²) in [4.78, 5) is 0. The lowest BCUT2D eigenvalue weighted by Gasteiger charge is -2.17. The van der Waals surface area contributed by atoms with Crippen LogP contribution in [0.2, 0.25) is 10.0 Å². The second-order valence-corrected chi connectivity index (χ2v) is 5.23. The zero-order valence-corrected chi connectivity index (χ0v) is 12.4. The Hall–Kier alpha value is -1.36. The SMILES string of the molecule is NC(Cc1cccc(Cl)c1Cl)c1ccccc1OC(F)F. The molecule has 2 nitrogen and oxygen atoms in total. The number of para-hydroxylation sites is 1. The van der Waals surface area contributed by atoms with Gasteiger partial charge in [0.2, 0.25) is 0 Å². The van der Waals surface area contributed by atoms with Gasteiger partial charge in [-0.1, -0.05) is 53.5 Å². The van der Waals surface area contributed by atoms with Crippen LogP contribution in [0.1, 0.15) is 17.2 Å². The molecule has 0 radical (unpaired) electrons. The molecule has 2 N–H and O–H groups in total. The molecule has 21 heavy (non-hydrogen) atoms. The van der Waals surface area contributed by atoms with E-state index in [2.05, 4.69) is 4.74 Å². The summed E-state index contributed by atoms with van der Waals surface area (Å²) in [5.74, 6) is 0.0677. The van der Waals surface area contributed by atoms with Gasteiger partial charge in [-0.3, -0.25) is 0 Å². The molecule has 112 valence electrons. The molecular weight excluding hydrogens is 319 g/mol. The molecule has 0 aliphatic rings. The van der Waals surface area contributed by atoms with E-state index in [0.717, 1.165) is 5.56 Å². The topological polar surface area (TPSA) is 35.2 Å². The molecule has 0 aliphatic carbocycles. The Balaban J connectivity index is 2.24. The fourth-order valence-electron chi connectivity index (χ4n) is 2.04. The van der Waals surface area contributed by atoms with Gasteiger partial charge >= 0.3 is 6.61 Å². The van der Waals surface area contributed by atoms with Crippen LogP contribution >= 0.6 is 23.2 Å². The van der Waals surface area contributed by atoms with Crippen molar-refractivity contribution in [1.82, 2.24) is 0 Å². The first-order valence-electron chi connectivity index (χ1n) is 6.21. The molecule has 0 spiro atoms. The summed E-state index contributed by atoms with van der Waals surface area (Å²) in [5, 5.41) is 0.848. The fourth-order valence-corrected chi connectivity index (χ4v) is 2.44. The van der Waals surface area contributed by atoms with Crippen LogP contribution in [0, 0.1) is 0 Å². The highest BCUT2D eigenvalue weighted by atomic mass is 35.5. The molecule has 2 rings (SSSR count). The second kappa shape index (κ2) is 7.07. The van der Waals surface area contributed by atoms with Crippen molar-refractivity contribution >= 4 is 23.2 Å². The van der Waals surface area contributed by atoms with Gasteiger partial charge in [-0.05, 0) is 24.1 Å². The summed E-state index contributed by atoms with van der Waals surface area (Å²) in [7, 11) is 0. The first kappa shape index (κ1) is 16.0. The van der Waals surface area contributed by atoms with Crippen LogP contribution in [0.25, 0.3) is 0 Å². The van der Waals surface area contributed by atoms with Crippen LogP contribution in [0.15, 0.2) is 42.5 Å². The van der Waals surface area contributed by atoms with Gasteiger partial charge in [0, 0.05) is 11.6 Å². The second-order valence-electron chi connectivity index (χ2n) is 4.44. The van der Waals surface area contributed by atoms with Crippen LogP contribution in [0.5, 0.6) is 5.75 Å². The van der Waals surface area contributed by atoms with Crippen LogP contribution < -0.4 is 10.5 Å². The molecule has 1 unspecified atom stereocenters. The summed E-state index contributed by atoms with van der Waals surface area (Å²) < 4.78 is 29.3. The molecule has 2 aromatic carbocycles. The fraction of sp³-hybridized carbons (Fsp3) is 0.200. The minimum Gasteiger partial charge on any atom is -0.434 e. The van der Waals surface area contributed by atoms with Gasteiger partial charge in [-0.2, -0.15) is 8.78 Å². The standard InChI is InChI=1S/C15H13Cl2F2NO/c16-11-6-3-4-9(14(11)17)8-12(20)10-5-1-2-7-13(10)21-15(18)19/h1-7,12,15H,8,20H2. The Bertz CT molecular complexity index is 622. The molecule has 0 fully saturated rings. The average Bonchev–Trinajstić information content (AvgIpc) is 2.44. The van der Waals surface area contributed by atoms with Gasteiger partial charge in [-0.15, -0.1) is 0 Å². The molecule has 1 atom stereocenters. The van der Waals surface area contributed by atoms with E-state index in [1.807, 2.05) is 0 Å². The average molecular weight is 332 g/mol. The Morgan fingerprint density at radius 3 is 2.48 bits per heavy atom. The van der Waals surface area contributed by atoms with Crippen molar-refractivity contribution in [2.24, 2.45) is 5.73 Å². The van der Waals surface area contributed by atoms with Crippen LogP contribution in [0.4, 0.5) is 8.78 Å². The number of ether oxygens (including phenoxy) is 1. The van der Waals surface area contributed by atoms with Crippen molar-refractivity contribution in [1.29, 1.82) is 0 Å². The maximum atomic E-state index is 12.4. The largest absolute Gasteiger partial charge is 0.434 e. The molecule has 2 aromatic rings. The van der Waals surface area contributed by atoms with Crippen molar-refractivity contribution in [2.75, 3.05) is 0 Å². The maximum Gasteiger partial charge on any atom is 0.387 e. The molecule has 0 saturated heterocycles. The number of halogens is 4. The minimum atomic E-state index is -2.90. The predicted octanol–water partition coefficient (Wildman–Crippen LogP) is 4.84. The van der Waals surface area contributed by atoms with E-state index in [9.17, 15) is 8.78 Å². The van der Waals surface area contributed by atoms with E-state index < -0.39 is 12.7 Å². The van der Waals surface area contributed by atoms with Gasteiger partial charge in [0.1, 0.15) is 5.75 Å². The molecule has 0 aliphatic heterocycles. The monoisotopic (exact) mass is 331 g/mol. The lowest BCUT2D eigenvalue weighted by atomic mass is 9.99. The van der Waals surface area contributed by atoms with E-state index in [1.54, 1.807) is 36.4 Å². The zero-order chi connectivity index (χ0) is 15.4. The van der Waals surface area contributed by atoms with Gasteiger partial charge in [0.05, 0.1) is 10.0 Å². The third kappa shape index (κ3) is 4.06. The summed E-state index contributed by atoms with van der Waals surface area (Å²) in [6.45, 7) is -2.90. The molecule has 0 aromatic heterocycles. The number of alkyl halides is 2. The molecule has 6 heteroatoms. The van der Waals surface area contributed by atoms with Crippen LogP contribution in [-0.4, -0.2) is 6.61 Å². The van der Waals surface area contributed by atoms with Gasteiger partial charge in [0.25, 0.3) is 0 Å². The summed E-state index contributed by atoms with van der Waals surface area (Å²) in [6, 6.07) is 11.1. The van der Waals surface area contributed by atoms with Gasteiger partial charge in [0.15, 0.2) is 0 Å². The van der Waals surface area contributed by atoms with Crippen LogP contribution in [0.3, 0.4) is 0 Å². The Labute approximate surface area is 131 Å². The third-order valence-electron chi connectivity index (χ3n) is 3.01. The highest BCUT2D eigenvalue weighted by Gasteiger charge is 2.17. The molecule has 0 bridgehead atoms. The highest BCUT2D eigenvalue weighted by Crippen LogP contribution is 2.31. The van der Waals surface area contributed by atoms with E-state index in [-0.39, 0.29) is 5.75 Å². The normalized spacial score (nSPS) is 12.5. The smallest absolute Gasteiger partial charge is 0.387 e. The highest BCUT2D eigenvalue weighted by molar-refractivity contribution is 6.42. The number of hydrogen-bond donors (Lipinski definition) is 1. The lowest BCUT2D eigenvalue weighted by molar-refractivity contribution is -0.0506. The quantitative estimate of drug-likeness (QED) is 0.850. The number of benzene rings is 2. The van der Waals surface area contributed by atoms with Crippen molar-refractivity contribution < 1.29 is 13.5 Å². The molecule has 0 heterocycles.